The summed E-state index contributed by atoms with van der Waals surface area (Å²) in [7, 11) is -3.78. The van der Waals surface area contributed by atoms with E-state index in [-0.39, 0.29) is 16.7 Å². The molecule has 1 unspecified atom stereocenters. The predicted molar refractivity (Wildman–Crippen MR) is 110 cm³/mol. The normalized spacial score (nSPS) is 18.3. The Morgan fingerprint density at radius 3 is 2.46 bits per heavy atom. The molecule has 146 valence electrons. The van der Waals surface area contributed by atoms with Gasteiger partial charge in [0, 0.05) is 29.2 Å². The smallest absolute Gasteiger partial charge is 0.264 e. The van der Waals surface area contributed by atoms with Crippen LogP contribution in [0, 0.1) is 5.92 Å². The predicted octanol–water partition coefficient (Wildman–Crippen LogP) is 5.08. The van der Waals surface area contributed by atoms with Gasteiger partial charge in [-0.25, -0.2) is 8.42 Å². The lowest BCUT2D eigenvalue weighted by atomic mass is 10.0. The standard InChI is InChI=1S/C21H21ClN2O3S/c1-15-6-5-13-24(14-15)28(25,26)21-19(16-9-11-18(22)12-10-16)27-20(23-21)17-7-3-2-4-8-17/h2-4,7-12,15H,5-6,13-14H2,1H3. The van der Waals surface area contributed by atoms with E-state index >= 15 is 0 Å². The van der Waals surface area contributed by atoms with Crippen LogP contribution in [0.1, 0.15) is 19.8 Å². The van der Waals surface area contributed by atoms with Gasteiger partial charge in [-0.2, -0.15) is 9.29 Å². The molecule has 1 atom stereocenters. The molecule has 1 fully saturated rings. The highest BCUT2D eigenvalue weighted by atomic mass is 35.5. The first-order valence-electron chi connectivity index (χ1n) is 9.27. The van der Waals surface area contributed by atoms with E-state index in [9.17, 15) is 8.42 Å². The molecule has 0 spiro atoms. The van der Waals surface area contributed by atoms with Crippen molar-refractivity contribution < 1.29 is 12.8 Å². The molecule has 28 heavy (non-hydrogen) atoms. The number of benzene rings is 2. The van der Waals surface area contributed by atoms with Crippen molar-refractivity contribution in [1.29, 1.82) is 0 Å². The Kier molecular flexibility index (Phi) is 5.27. The van der Waals surface area contributed by atoms with E-state index in [4.69, 9.17) is 16.0 Å². The molecular weight excluding hydrogens is 396 g/mol. The molecule has 5 nitrogen and oxygen atoms in total. The molecule has 4 rings (SSSR count). The number of piperidine rings is 1. The fourth-order valence-electron chi connectivity index (χ4n) is 3.46. The topological polar surface area (TPSA) is 63.4 Å². The minimum atomic E-state index is -3.78. The van der Waals surface area contributed by atoms with Gasteiger partial charge in [-0.05, 0) is 55.2 Å². The van der Waals surface area contributed by atoms with Gasteiger partial charge in [0.05, 0.1) is 0 Å². The molecule has 1 aromatic heterocycles. The molecule has 3 aromatic rings. The minimum absolute atomic E-state index is 0.0391. The maximum absolute atomic E-state index is 13.4. The second kappa shape index (κ2) is 7.70. The maximum Gasteiger partial charge on any atom is 0.264 e. The van der Waals surface area contributed by atoms with Crippen molar-refractivity contribution in [2.45, 2.75) is 24.8 Å². The Morgan fingerprint density at radius 1 is 1.07 bits per heavy atom. The molecular formula is C21H21ClN2O3S. The highest BCUT2D eigenvalue weighted by molar-refractivity contribution is 7.89. The Balaban J connectivity index is 1.84. The van der Waals surface area contributed by atoms with Crippen LogP contribution < -0.4 is 0 Å². The van der Waals surface area contributed by atoms with E-state index in [1.807, 2.05) is 30.3 Å². The largest absolute Gasteiger partial charge is 0.435 e. The Hall–Kier alpha value is -2.15. The summed E-state index contributed by atoms with van der Waals surface area (Å²) in [4.78, 5) is 4.42. The average molecular weight is 417 g/mol. The Bertz CT molecular complexity index is 1060. The lowest BCUT2D eigenvalue weighted by Gasteiger charge is -2.29. The van der Waals surface area contributed by atoms with Gasteiger partial charge >= 0.3 is 0 Å². The summed E-state index contributed by atoms with van der Waals surface area (Å²) < 4.78 is 34.3. The molecule has 2 heterocycles. The van der Waals surface area contributed by atoms with Crippen molar-refractivity contribution in [1.82, 2.24) is 9.29 Å². The summed E-state index contributed by atoms with van der Waals surface area (Å²) >= 11 is 5.99. The van der Waals surface area contributed by atoms with Crippen LogP contribution in [0.3, 0.4) is 0 Å². The van der Waals surface area contributed by atoms with Crippen LogP contribution in [0.5, 0.6) is 0 Å². The van der Waals surface area contributed by atoms with Gasteiger partial charge in [0.15, 0.2) is 5.76 Å². The van der Waals surface area contributed by atoms with Crippen LogP contribution in [-0.2, 0) is 10.0 Å². The number of rotatable bonds is 4. The molecule has 2 aromatic carbocycles. The van der Waals surface area contributed by atoms with Gasteiger partial charge in [0.2, 0.25) is 10.9 Å². The van der Waals surface area contributed by atoms with Gasteiger partial charge in [-0.1, -0.05) is 36.7 Å². The van der Waals surface area contributed by atoms with Crippen LogP contribution in [-0.4, -0.2) is 30.8 Å². The van der Waals surface area contributed by atoms with E-state index in [2.05, 4.69) is 11.9 Å². The monoisotopic (exact) mass is 416 g/mol. The Morgan fingerprint density at radius 2 is 1.79 bits per heavy atom. The van der Waals surface area contributed by atoms with Gasteiger partial charge in [-0.15, -0.1) is 0 Å². The van der Waals surface area contributed by atoms with Crippen LogP contribution in [0.15, 0.2) is 64.0 Å². The van der Waals surface area contributed by atoms with E-state index in [0.29, 0.717) is 29.6 Å². The first kappa shape index (κ1) is 19.2. The van der Waals surface area contributed by atoms with E-state index in [1.165, 1.54) is 4.31 Å². The quantitative estimate of drug-likeness (QED) is 0.594. The third-order valence-electron chi connectivity index (χ3n) is 4.93. The summed E-state index contributed by atoms with van der Waals surface area (Å²) in [6, 6.07) is 16.2. The highest BCUT2D eigenvalue weighted by Crippen LogP contribution is 2.35. The molecule has 0 aliphatic carbocycles. The zero-order valence-electron chi connectivity index (χ0n) is 15.5. The molecule has 7 heteroatoms. The van der Waals surface area contributed by atoms with Crippen molar-refractivity contribution in [2.24, 2.45) is 5.92 Å². The first-order chi connectivity index (χ1) is 13.4. The third-order valence-corrected chi connectivity index (χ3v) is 6.96. The second-order valence-corrected chi connectivity index (χ2v) is 9.43. The SMILES string of the molecule is CC1CCCN(S(=O)(=O)c2nc(-c3ccccc3)oc2-c2ccc(Cl)cc2)C1. The zero-order chi connectivity index (χ0) is 19.7. The van der Waals surface area contributed by atoms with Crippen molar-refractivity contribution in [2.75, 3.05) is 13.1 Å². The van der Waals surface area contributed by atoms with Crippen LogP contribution >= 0.6 is 11.6 Å². The van der Waals surface area contributed by atoms with Crippen molar-refractivity contribution >= 4 is 21.6 Å². The molecule has 1 aliphatic rings. The molecule has 1 aliphatic heterocycles. The lowest BCUT2D eigenvalue weighted by molar-refractivity contribution is 0.280. The molecule has 0 bridgehead atoms. The number of sulfonamides is 1. The molecule has 1 saturated heterocycles. The Labute approximate surface area is 170 Å². The van der Waals surface area contributed by atoms with Crippen molar-refractivity contribution in [3.05, 3.63) is 59.6 Å². The van der Waals surface area contributed by atoms with Crippen LogP contribution in [0.25, 0.3) is 22.8 Å². The first-order valence-corrected chi connectivity index (χ1v) is 11.1. The average Bonchev–Trinajstić information content (AvgIpc) is 3.16. The summed E-state index contributed by atoms with van der Waals surface area (Å²) in [5.74, 6) is 0.853. The van der Waals surface area contributed by atoms with Crippen LogP contribution in [0.4, 0.5) is 0 Å². The molecule has 0 N–H and O–H groups in total. The van der Waals surface area contributed by atoms with Gasteiger partial charge in [0.1, 0.15) is 0 Å². The van der Waals surface area contributed by atoms with E-state index in [1.54, 1.807) is 24.3 Å². The fourth-order valence-corrected chi connectivity index (χ4v) is 5.24. The summed E-state index contributed by atoms with van der Waals surface area (Å²) in [6.07, 6.45) is 1.88. The third kappa shape index (κ3) is 3.72. The molecule has 0 amide bonds. The number of hydrogen-bond donors (Lipinski definition) is 0. The number of hydrogen-bond acceptors (Lipinski definition) is 4. The summed E-state index contributed by atoms with van der Waals surface area (Å²) in [5, 5.41) is 0.531. The van der Waals surface area contributed by atoms with E-state index in [0.717, 1.165) is 18.4 Å². The number of aromatic nitrogens is 1. The van der Waals surface area contributed by atoms with Crippen molar-refractivity contribution in [3.63, 3.8) is 0 Å². The summed E-state index contributed by atoms with van der Waals surface area (Å²) in [5.41, 5.74) is 1.36. The zero-order valence-corrected chi connectivity index (χ0v) is 17.1. The highest BCUT2D eigenvalue weighted by Gasteiger charge is 2.35. The van der Waals surface area contributed by atoms with Gasteiger partial charge < -0.3 is 4.42 Å². The number of oxazole rings is 1. The van der Waals surface area contributed by atoms with Crippen LogP contribution in [0.2, 0.25) is 5.02 Å². The lowest BCUT2D eigenvalue weighted by Crippen LogP contribution is -2.39. The minimum Gasteiger partial charge on any atom is -0.435 e. The number of halogens is 1. The van der Waals surface area contributed by atoms with Gasteiger partial charge in [-0.3, -0.25) is 0 Å². The summed E-state index contributed by atoms with van der Waals surface area (Å²) in [6.45, 7) is 3.07. The molecule has 0 radical (unpaired) electrons. The van der Waals surface area contributed by atoms with Crippen molar-refractivity contribution in [3.8, 4) is 22.8 Å². The second-order valence-electron chi connectivity index (χ2n) is 7.14. The number of nitrogens with zero attached hydrogens (tertiary/aromatic N) is 2. The molecule has 0 saturated carbocycles. The van der Waals surface area contributed by atoms with E-state index < -0.39 is 10.0 Å². The van der Waals surface area contributed by atoms with Gasteiger partial charge in [0.25, 0.3) is 10.0 Å². The fraction of sp³-hybridized carbons (Fsp3) is 0.286. The maximum atomic E-state index is 13.4.